The van der Waals surface area contributed by atoms with Crippen LogP contribution in [-0.4, -0.2) is 43.3 Å². The lowest BCUT2D eigenvalue weighted by Crippen LogP contribution is -2.40. The SMILES string of the molecule is Cn1nc2ccc(OCc3ccccn3)cc2c1C(O)NC(CO)CC(C)(C)F. The minimum Gasteiger partial charge on any atom is -0.487 e. The second-order valence-electron chi connectivity index (χ2n) is 7.67. The molecule has 2 unspecified atom stereocenters. The van der Waals surface area contributed by atoms with Crippen LogP contribution < -0.4 is 10.1 Å². The summed E-state index contributed by atoms with van der Waals surface area (Å²) in [7, 11) is 1.72. The monoisotopic (exact) mass is 402 g/mol. The zero-order chi connectivity index (χ0) is 21.0. The largest absolute Gasteiger partial charge is 0.487 e. The standard InChI is InChI=1S/C21H27FN4O3/c1-21(2,22)11-15(12-27)24-20(28)19-17-10-16(7-8-18(17)25-26(19)3)29-13-14-6-4-5-9-23-14/h4-10,15,20,24,27-28H,11-13H2,1-3H3. The Bertz CT molecular complexity index is 940. The maximum absolute atomic E-state index is 14.0. The van der Waals surface area contributed by atoms with Crippen molar-refractivity contribution in [1.29, 1.82) is 0 Å². The molecule has 29 heavy (non-hydrogen) atoms. The second kappa shape index (κ2) is 8.86. The number of aryl methyl sites for hydroxylation is 1. The van der Waals surface area contributed by atoms with Crippen LogP contribution in [0.5, 0.6) is 5.75 Å². The Labute approximate surface area is 169 Å². The number of aliphatic hydroxyl groups is 2. The predicted molar refractivity (Wildman–Crippen MR) is 108 cm³/mol. The zero-order valence-corrected chi connectivity index (χ0v) is 16.8. The average molecular weight is 402 g/mol. The highest BCUT2D eigenvalue weighted by molar-refractivity contribution is 5.83. The van der Waals surface area contributed by atoms with Crippen LogP contribution in [0.1, 0.15) is 37.9 Å². The highest BCUT2D eigenvalue weighted by Crippen LogP contribution is 2.28. The number of hydrogen-bond donors (Lipinski definition) is 3. The topological polar surface area (TPSA) is 92.4 Å². The first kappa shape index (κ1) is 21.2. The van der Waals surface area contributed by atoms with Gasteiger partial charge in [0, 0.05) is 24.7 Å². The van der Waals surface area contributed by atoms with E-state index in [4.69, 9.17) is 4.74 Å². The van der Waals surface area contributed by atoms with Gasteiger partial charge in [-0.25, -0.2) is 4.39 Å². The molecule has 2 heterocycles. The fourth-order valence-corrected chi connectivity index (χ4v) is 3.32. The lowest BCUT2D eigenvalue weighted by molar-refractivity contribution is 0.0739. The van der Waals surface area contributed by atoms with Gasteiger partial charge >= 0.3 is 0 Å². The van der Waals surface area contributed by atoms with Gasteiger partial charge in [-0.2, -0.15) is 5.10 Å². The molecule has 2 aromatic heterocycles. The van der Waals surface area contributed by atoms with E-state index in [-0.39, 0.29) is 13.0 Å². The minimum atomic E-state index is -1.47. The number of nitrogens with zero attached hydrogens (tertiary/aromatic N) is 3. The van der Waals surface area contributed by atoms with Crippen LogP contribution in [0.15, 0.2) is 42.6 Å². The average Bonchev–Trinajstić information content (AvgIpc) is 3.00. The van der Waals surface area contributed by atoms with Gasteiger partial charge in [-0.15, -0.1) is 0 Å². The van der Waals surface area contributed by atoms with Crippen LogP contribution >= 0.6 is 0 Å². The summed E-state index contributed by atoms with van der Waals surface area (Å²) in [6.07, 6.45) is 0.643. The van der Waals surface area contributed by atoms with E-state index in [1.165, 1.54) is 13.8 Å². The van der Waals surface area contributed by atoms with Crippen LogP contribution in [0.2, 0.25) is 0 Å². The van der Waals surface area contributed by atoms with Crippen molar-refractivity contribution >= 4 is 10.9 Å². The quantitative estimate of drug-likeness (QED) is 0.477. The van der Waals surface area contributed by atoms with Gasteiger partial charge in [-0.1, -0.05) is 6.07 Å². The van der Waals surface area contributed by atoms with Crippen molar-refractivity contribution in [1.82, 2.24) is 20.1 Å². The number of aliphatic hydroxyl groups excluding tert-OH is 2. The van der Waals surface area contributed by atoms with Crippen molar-refractivity contribution < 1.29 is 19.3 Å². The first-order valence-corrected chi connectivity index (χ1v) is 9.50. The molecule has 0 saturated carbocycles. The number of pyridine rings is 1. The molecule has 0 saturated heterocycles. The number of hydrogen-bond acceptors (Lipinski definition) is 6. The second-order valence-corrected chi connectivity index (χ2v) is 7.67. The summed E-state index contributed by atoms with van der Waals surface area (Å²) in [5.41, 5.74) is 0.542. The highest BCUT2D eigenvalue weighted by Gasteiger charge is 2.26. The number of alkyl halides is 1. The molecule has 0 aliphatic carbocycles. The summed E-state index contributed by atoms with van der Waals surface area (Å²) in [6, 6.07) is 10.4. The fraction of sp³-hybridized carbons (Fsp3) is 0.429. The van der Waals surface area contributed by atoms with Crippen molar-refractivity contribution in [3.05, 3.63) is 54.0 Å². The van der Waals surface area contributed by atoms with Crippen molar-refractivity contribution in [3.63, 3.8) is 0 Å². The molecule has 3 aromatic rings. The molecule has 156 valence electrons. The molecule has 0 aliphatic heterocycles. The Kier molecular flexibility index (Phi) is 6.46. The van der Waals surface area contributed by atoms with Crippen molar-refractivity contribution in [3.8, 4) is 5.75 Å². The molecular weight excluding hydrogens is 375 g/mol. The van der Waals surface area contributed by atoms with Crippen LogP contribution in [0.25, 0.3) is 10.9 Å². The van der Waals surface area contributed by atoms with Gasteiger partial charge in [-0.05, 0) is 50.6 Å². The number of ether oxygens (including phenoxy) is 1. The Morgan fingerprint density at radius 1 is 1.28 bits per heavy atom. The maximum atomic E-state index is 14.0. The molecule has 3 rings (SSSR count). The number of fused-ring (bicyclic) bond motifs is 1. The molecule has 0 amide bonds. The number of benzene rings is 1. The molecule has 0 spiro atoms. The Balaban J connectivity index is 1.80. The highest BCUT2D eigenvalue weighted by atomic mass is 19.1. The summed E-state index contributed by atoms with van der Waals surface area (Å²) >= 11 is 0. The van der Waals surface area contributed by atoms with Crippen molar-refractivity contribution in [2.24, 2.45) is 7.05 Å². The minimum absolute atomic E-state index is 0.0643. The van der Waals surface area contributed by atoms with Gasteiger partial charge in [-0.3, -0.25) is 15.0 Å². The molecule has 7 nitrogen and oxygen atoms in total. The summed E-state index contributed by atoms with van der Waals surface area (Å²) in [6.45, 7) is 2.91. The predicted octanol–water partition coefficient (Wildman–Crippen LogP) is 2.63. The molecule has 2 atom stereocenters. The lowest BCUT2D eigenvalue weighted by Gasteiger charge is -2.25. The van der Waals surface area contributed by atoms with E-state index in [1.807, 2.05) is 30.3 Å². The van der Waals surface area contributed by atoms with E-state index in [0.29, 0.717) is 29.0 Å². The molecule has 0 aliphatic rings. The smallest absolute Gasteiger partial charge is 0.148 e. The van der Waals surface area contributed by atoms with Crippen molar-refractivity contribution in [2.45, 2.75) is 44.8 Å². The van der Waals surface area contributed by atoms with E-state index in [1.54, 1.807) is 24.0 Å². The third kappa shape index (κ3) is 5.50. The number of rotatable bonds is 9. The van der Waals surface area contributed by atoms with Gasteiger partial charge in [0.2, 0.25) is 0 Å². The van der Waals surface area contributed by atoms with Gasteiger partial charge in [0.1, 0.15) is 24.3 Å². The van der Waals surface area contributed by atoms with Crippen LogP contribution in [0, 0.1) is 0 Å². The van der Waals surface area contributed by atoms with E-state index in [9.17, 15) is 14.6 Å². The molecule has 0 bridgehead atoms. The third-order valence-corrected chi connectivity index (χ3v) is 4.57. The van der Waals surface area contributed by atoms with E-state index >= 15 is 0 Å². The summed E-state index contributed by atoms with van der Waals surface area (Å²) in [4.78, 5) is 4.23. The molecule has 0 fully saturated rings. The summed E-state index contributed by atoms with van der Waals surface area (Å²) in [5.74, 6) is 0.619. The number of aromatic nitrogens is 3. The van der Waals surface area contributed by atoms with Crippen LogP contribution in [-0.2, 0) is 13.7 Å². The summed E-state index contributed by atoms with van der Waals surface area (Å²) < 4.78 is 21.3. The van der Waals surface area contributed by atoms with E-state index in [2.05, 4.69) is 15.4 Å². The molecular formula is C21H27FN4O3. The van der Waals surface area contributed by atoms with Gasteiger partial charge in [0.05, 0.1) is 23.5 Å². The van der Waals surface area contributed by atoms with Gasteiger partial charge < -0.3 is 14.9 Å². The maximum Gasteiger partial charge on any atom is 0.148 e. The zero-order valence-electron chi connectivity index (χ0n) is 16.8. The molecule has 1 aromatic carbocycles. The Morgan fingerprint density at radius 3 is 2.72 bits per heavy atom. The molecule has 0 radical (unpaired) electrons. The van der Waals surface area contributed by atoms with Crippen LogP contribution in [0.4, 0.5) is 4.39 Å². The Morgan fingerprint density at radius 2 is 2.07 bits per heavy atom. The summed E-state index contributed by atoms with van der Waals surface area (Å²) in [5, 5.41) is 28.3. The van der Waals surface area contributed by atoms with Gasteiger partial charge in [0.25, 0.3) is 0 Å². The van der Waals surface area contributed by atoms with Gasteiger partial charge in [0.15, 0.2) is 0 Å². The van der Waals surface area contributed by atoms with Crippen molar-refractivity contribution in [2.75, 3.05) is 6.61 Å². The Hall–Kier alpha value is -2.55. The normalized spacial score (nSPS) is 14.1. The molecule has 3 N–H and O–H groups in total. The third-order valence-electron chi connectivity index (χ3n) is 4.57. The fourth-order valence-electron chi connectivity index (χ4n) is 3.32. The number of nitrogens with one attached hydrogen (secondary N) is 1. The van der Waals surface area contributed by atoms with E-state index in [0.717, 1.165) is 5.69 Å². The first-order valence-electron chi connectivity index (χ1n) is 9.50. The number of halogens is 1. The first-order chi connectivity index (χ1) is 13.8. The van der Waals surface area contributed by atoms with Crippen LogP contribution in [0.3, 0.4) is 0 Å². The lowest BCUT2D eigenvalue weighted by atomic mass is 10.0. The molecule has 8 heteroatoms. The van der Waals surface area contributed by atoms with E-state index < -0.39 is 17.9 Å².